The van der Waals surface area contributed by atoms with E-state index in [2.05, 4.69) is 43.2 Å². The maximum atomic E-state index is 13.1. The number of aliphatic hydroxyl groups excluding tert-OH is 1. The number of amides is 3. The van der Waals surface area contributed by atoms with Crippen molar-refractivity contribution in [1.29, 1.82) is 0 Å². The van der Waals surface area contributed by atoms with E-state index in [4.69, 9.17) is 5.11 Å². The summed E-state index contributed by atoms with van der Waals surface area (Å²) in [6, 6.07) is 7.41. The van der Waals surface area contributed by atoms with E-state index >= 15 is 0 Å². The standard InChI is InChI=1S/C18H24BrN5O3/c1-21-15-14(16(26)24(18(21)27)10-3-11-25)23-9-2-8-22(17(23)20-15)13-6-4-12(19)5-7-13/h4-7,14-15,17,20,25H,2-3,8-11H2,1H3. The zero-order chi connectivity index (χ0) is 19.1. The summed E-state index contributed by atoms with van der Waals surface area (Å²) in [5.41, 5.74) is 1.08. The molecule has 3 fully saturated rings. The minimum absolute atomic E-state index is 0.0448. The van der Waals surface area contributed by atoms with Gasteiger partial charge in [-0.05, 0) is 37.1 Å². The molecule has 3 heterocycles. The Morgan fingerprint density at radius 1 is 1.22 bits per heavy atom. The quantitative estimate of drug-likeness (QED) is 0.725. The van der Waals surface area contributed by atoms with Crippen molar-refractivity contribution < 1.29 is 14.7 Å². The molecular weight excluding hydrogens is 414 g/mol. The lowest BCUT2D eigenvalue weighted by atomic mass is 10.1. The average Bonchev–Trinajstić information content (AvgIpc) is 3.07. The molecule has 1 aromatic carbocycles. The first-order valence-electron chi connectivity index (χ1n) is 9.26. The molecule has 0 bridgehead atoms. The van der Waals surface area contributed by atoms with E-state index < -0.39 is 6.04 Å². The van der Waals surface area contributed by atoms with Crippen molar-refractivity contribution in [3.8, 4) is 0 Å². The van der Waals surface area contributed by atoms with Gasteiger partial charge in [-0.15, -0.1) is 0 Å². The summed E-state index contributed by atoms with van der Waals surface area (Å²) in [5, 5.41) is 12.6. The first-order valence-corrected chi connectivity index (χ1v) is 10.1. The van der Waals surface area contributed by atoms with Crippen molar-refractivity contribution in [1.82, 2.24) is 20.0 Å². The first-order chi connectivity index (χ1) is 13.0. The number of likely N-dealkylation sites (N-methyl/N-ethyl adjacent to an activating group) is 1. The van der Waals surface area contributed by atoms with Crippen LogP contribution in [0.4, 0.5) is 10.5 Å². The van der Waals surface area contributed by atoms with Gasteiger partial charge in [0, 0.05) is 43.4 Å². The van der Waals surface area contributed by atoms with Crippen LogP contribution < -0.4 is 10.2 Å². The third-order valence-corrected chi connectivity index (χ3v) is 6.10. The number of nitrogens with one attached hydrogen (secondary N) is 1. The van der Waals surface area contributed by atoms with Crippen LogP contribution in [0.1, 0.15) is 12.8 Å². The molecule has 0 spiro atoms. The number of rotatable bonds is 4. The summed E-state index contributed by atoms with van der Waals surface area (Å²) in [5.74, 6) is -0.177. The van der Waals surface area contributed by atoms with Crippen LogP contribution in [0, 0.1) is 0 Å². The molecule has 3 aliphatic rings. The Morgan fingerprint density at radius 2 is 1.96 bits per heavy atom. The smallest absolute Gasteiger partial charge is 0.327 e. The number of carbonyl (C=O) groups excluding carboxylic acids is 2. The van der Waals surface area contributed by atoms with Crippen molar-refractivity contribution in [3.05, 3.63) is 28.7 Å². The Kier molecular flexibility index (Phi) is 5.11. The molecule has 0 radical (unpaired) electrons. The molecule has 1 aromatic rings. The van der Waals surface area contributed by atoms with Gasteiger partial charge in [0.2, 0.25) is 0 Å². The molecule has 8 nitrogen and oxygen atoms in total. The fraction of sp³-hybridized carbons (Fsp3) is 0.556. The van der Waals surface area contributed by atoms with E-state index in [1.54, 1.807) is 11.9 Å². The van der Waals surface area contributed by atoms with Crippen LogP contribution in [0.15, 0.2) is 28.7 Å². The molecule has 0 saturated carbocycles. The van der Waals surface area contributed by atoms with Gasteiger partial charge >= 0.3 is 6.03 Å². The minimum atomic E-state index is -0.408. The van der Waals surface area contributed by atoms with Gasteiger partial charge in [-0.1, -0.05) is 15.9 Å². The van der Waals surface area contributed by atoms with Gasteiger partial charge in [0.05, 0.1) is 0 Å². The van der Waals surface area contributed by atoms with Crippen molar-refractivity contribution in [2.24, 2.45) is 0 Å². The van der Waals surface area contributed by atoms with Gasteiger partial charge in [-0.2, -0.15) is 0 Å². The molecule has 146 valence electrons. The predicted octanol–water partition coefficient (Wildman–Crippen LogP) is 0.819. The van der Waals surface area contributed by atoms with Crippen LogP contribution in [0.25, 0.3) is 0 Å². The lowest BCUT2D eigenvalue weighted by Gasteiger charge is -2.43. The summed E-state index contributed by atoms with van der Waals surface area (Å²) < 4.78 is 1.02. The number of benzene rings is 1. The highest BCUT2D eigenvalue weighted by atomic mass is 79.9. The molecule has 3 aliphatic heterocycles. The fourth-order valence-corrected chi connectivity index (χ4v) is 4.52. The van der Waals surface area contributed by atoms with E-state index in [0.717, 1.165) is 29.7 Å². The number of anilines is 1. The summed E-state index contributed by atoms with van der Waals surface area (Å²) in [6.07, 6.45) is 0.854. The number of imide groups is 1. The molecule has 9 heteroatoms. The van der Waals surface area contributed by atoms with Crippen LogP contribution in [-0.4, -0.2) is 83.5 Å². The second-order valence-electron chi connectivity index (χ2n) is 7.15. The van der Waals surface area contributed by atoms with Crippen molar-refractivity contribution in [2.75, 3.05) is 38.2 Å². The third kappa shape index (κ3) is 3.12. The Bertz CT molecular complexity index is 730. The number of nitrogens with zero attached hydrogens (tertiary/aromatic N) is 4. The molecule has 3 unspecified atom stereocenters. The van der Waals surface area contributed by atoms with Gasteiger partial charge < -0.3 is 14.9 Å². The lowest BCUT2D eigenvalue weighted by Crippen LogP contribution is -2.66. The molecule has 3 saturated heterocycles. The van der Waals surface area contributed by atoms with E-state index in [-0.39, 0.29) is 37.5 Å². The molecule has 0 aromatic heterocycles. The molecule has 3 amide bonds. The van der Waals surface area contributed by atoms with Crippen LogP contribution in [0.2, 0.25) is 0 Å². The lowest BCUT2D eigenvalue weighted by molar-refractivity contribution is -0.138. The summed E-state index contributed by atoms with van der Waals surface area (Å²) in [4.78, 5) is 33.1. The van der Waals surface area contributed by atoms with Gasteiger partial charge in [-0.3, -0.25) is 19.9 Å². The van der Waals surface area contributed by atoms with Gasteiger partial charge in [-0.25, -0.2) is 4.79 Å². The summed E-state index contributed by atoms with van der Waals surface area (Å²) in [7, 11) is 1.73. The molecular formula is C18H24BrN5O3. The van der Waals surface area contributed by atoms with E-state index in [1.807, 2.05) is 12.1 Å². The number of urea groups is 1. The summed E-state index contributed by atoms with van der Waals surface area (Å²) >= 11 is 3.47. The second kappa shape index (κ2) is 7.38. The highest BCUT2D eigenvalue weighted by molar-refractivity contribution is 9.10. The number of carbonyl (C=O) groups is 2. The maximum Gasteiger partial charge on any atom is 0.327 e. The van der Waals surface area contributed by atoms with Crippen LogP contribution in [0.3, 0.4) is 0 Å². The number of halogens is 1. The van der Waals surface area contributed by atoms with Gasteiger partial charge in [0.25, 0.3) is 5.91 Å². The highest BCUT2D eigenvalue weighted by Crippen LogP contribution is 2.33. The second-order valence-corrected chi connectivity index (χ2v) is 8.07. The molecule has 3 atom stereocenters. The minimum Gasteiger partial charge on any atom is -0.396 e. The van der Waals surface area contributed by atoms with Crippen molar-refractivity contribution in [3.63, 3.8) is 0 Å². The molecule has 2 N–H and O–H groups in total. The predicted molar refractivity (Wildman–Crippen MR) is 104 cm³/mol. The van der Waals surface area contributed by atoms with Gasteiger partial charge in [0.15, 0.2) is 0 Å². The SMILES string of the molecule is CN1C(=O)N(CCCO)C(=O)C2C1NC1N(c3ccc(Br)cc3)CCCN21. The monoisotopic (exact) mass is 437 g/mol. The Balaban J connectivity index is 1.62. The van der Waals surface area contributed by atoms with Crippen molar-refractivity contribution in [2.45, 2.75) is 31.3 Å². The Labute approximate surface area is 166 Å². The molecule has 27 heavy (non-hydrogen) atoms. The molecule has 0 aliphatic carbocycles. The third-order valence-electron chi connectivity index (χ3n) is 5.57. The highest BCUT2D eigenvalue weighted by Gasteiger charge is 2.55. The topological polar surface area (TPSA) is 79.4 Å². The number of hydrogen-bond acceptors (Lipinski definition) is 6. The Morgan fingerprint density at radius 3 is 2.67 bits per heavy atom. The fourth-order valence-electron chi connectivity index (χ4n) is 4.25. The van der Waals surface area contributed by atoms with E-state index in [0.29, 0.717) is 6.42 Å². The normalized spacial score (nSPS) is 28.6. The van der Waals surface area contributed by atoms with Crippen LogP contribution in [-0.2, 0) is 4.79 Å². The summed E-state index contributed by atoms with van der Waals surface area (Å²) in [6.45, 7) is 1.89. The number of hydrogen-bond donors (Lipinski definition) is 2. The Hall–Kier alpha value is -1.68. The van der Waals surface area contributed by atoms with Crippen LogP contribution >= 0.6 is 15.9 Å². The largest absolute Gasteiger partial charge is 0.396 e. The van der Waals surface area contributed by atoms with E-state index in [1.165, 1.54) is 4.90 Å². The number of fused-ring (bicyclic) bond motifs is 3. The maximum absolute atomic E-state index is 13.1. The zero-order valence-corrected chi connectivity index (χ0v) is 16.8. The average molecular weight is 438 g/mol. The van der Waals surface area contributed by atoms with E-state index in [9.17, 15) is 9.59 Å². The van der Waals surface area contributed by atoms with Crippen molar-refractivity contribution >= 4 is 33.6 Å². The first kappa shape index (κ1) is 18.7. The zero-order valence-electron chi connectivity index (χ0n) is 15.2. The van der Waals surface area contributed by atoms with Crippen LogP contribution in [0.5, 0.6) is 0 Å². The number of aliphatic hydroxyl groups is 1. The van der Waals surface area contributed by atoms with Gasteiger partial charge in [0.1, 0.15) is 18.5 Å². The molecule has 4 rings (SSSR count).